The molecular weight excluding hydrogens is 236 g/mol. The van der Waals surface area contributed by atoms with Crippen molar-refractivity contribution in [2.75, 3.05) is 5.32 Å². The Morgan fingerprint density at radius 1 is 1.29 bits per heavy atom. The molecule has 0 unspecified atom stereocenters. The fraction of sp³-hybridized carbons (Fsp3) is 0.154. The Balaban J connectivity index is 2.13. The number of nitrogens with zero attached hydrogens (tertiary/aromatic N) is 1. The van der Waals surface area contributed by atoms with Crippen LogP contribution >= 0.6 is 11.6 Å². The zero-order chi connectivity index (χ0) is 12.3. The number of aromatic nitrogens is 1. The van der Waals surface area contributed by atoms with Crippen LogP contribution in [0.3, 0.4) is 0 Å². The van der Waals surface area contributed by atoms with Crippen molar-refractivity contribution in [1.29, 1.82) is 0 Å². The van der Waals surface area contributed by atoms with Crippen LogP contribution in [0, 0.1) is 6.92 Å². The highest BCUT2D eigenvalue weighted by atomic mass is 35.5. The zero-order valence-corrected chi connectivity index (χ0v) is 10.2. The lowest BCUT2D eigenvalue weighted by Gasteiger charge is -2.10. The maximum atomic E-state index is 9.76. The molecule has 2 rings (SSSR count). The first kappa shape index (κ1) is 11.7. The third kappa shape index (κ3) is 2.68. The number of hydrogen-bond acceptors (Lipinski definition) is 3. The van der Waals surface area contributed by atoms with E-state index >= 15 is 0 Å². The van der Waals surface area contributed by atoms with Gasteiger partial charge in [0.2, 0.25) is 0 Å². The summed E-state index contributed by atoms with van der Waals surface area (Å²) in [6, 6.07) is 9.13. The van der Waals surface area contributed by atoms with Crippen molar-refractivity contribution in [3.8, 4) is 5.75 Å². The summed E-state index contributed by atoms with van der Waals surface area (Å²) in [5.74, 6) is 0.128. The number of halogens is 1. The first-order chi connectivity index (χ1) is 8.18. The maximum absolute atomic E-state index is 9.76. The highest BCUT2D eigenvalue weighted by Gasteiger charge is 2.05. The number of aryl methyl sites for hydroxylation is 1. The molecule has 2 aromatic rings. The Hall–Kier alpha value is -1.74. The minimum Gasteiger partial charge on any atom is -0.506 e. The molecule has 0 aliphatic heterocycles. The van der Waals surface area contributed by atoms with Gasteiger partial charge in [-0.25, -0.2) is 0 Å². The van der Waals surface area contributed by atoms with E-state index < -0.39 is 0 Å². The van der Waals surface area contributed by atoms with Gasteiger partial charge < -0.3 is 10.4 Å². The molecule has 1 aromatic heterocycles. The zero-order valence-electron chi connectivity index (χ0n) is 9.44. The summed E-state index contributed by atoms with van der Waals surface area (Å²) in [6.45, 7) is 2.44. The van der Waals surface area contributed by atoms with Crippen LogP contribution in [-0.4, -0.2) is 10.1 Å². The smallest absolute Gasteiger partial charge is 0.139 e. The van der Waals surface area contributed by atoms with Gasteiger partial charge in [0.25, 0.3) is 0 Å². The van der Waals surface area contributed by atoms with Gasteiger partial charge in [0, 0.05) is 18.3 Å². The summed E-state index contributed by atoms with van der Waals surface area (Å²) < 4.78 is 0. The number of benzene rings is 1. The molecule has 17 heavy (non-hydrogen) atoms. The highest BCUT2D eigenvalue weighted by molar-refractivity contribution is 6.32. The van der Waals surface area contributed by atoms with Gasteiger partial charge in [-0.3, -0.25) is 4.98 Å². The van der Waals surface area contributed by atoms with Crippen molar-refractivity contribution in [3.05, 3.63) is 52.8 Å². The SMILES string of the molecule is Cc1ncccc1NCc1cccc(Cl)c1O. The molecular formula is C13H13ClN2O. The van der Waals surface area contributed by atoms with E-state index in [9.17, 15) is 5.11 Å². The Kier molecular flexibility index (Phi) is 3.49. The van der Waals surface area contributed by atoms with E-state index in [-0.39, 0.29) is 5.75 Å². The summed E-state index contributed by atoms with van der Waals surface area (Å²) in [4.78, 5) is 4.18. The van der Waals surface area contributed by atoms with Gasteiger partial charge in [0.05, 0.1) is 16.4 Å². The van der Waals surface area contributed by atoms with Crippen LogP contribution in [-0.2, 0) is 6.54 Å². The van der Waals surface area contributed by atoms with Crippen LogP contribution in [0.2, 0.25) is 5.02 Å². The van der Waals surface area contributed by atoms with Crippen LogP contribution in [0.4, 0.5) is 5.69 Å². The highest BCUT2D eigenvalue weighted by Crippen LogP contribution is 2.27. The lowest BCUT2D eigenvalue weighted by molar-refractivity contribution is 0.469. The van der Waals surface area contributed by atoms with Crippen LogP contribution in [0.5, 0.6) is 5.75 Å². The Morgan fingerprint density at radius 3 is 2.88 bits per heavy atom. The topological polar surface area (TPSA) is 45.2 Å². The molecule has 0 amide bonds. The number of aromatic hydroxyl groups is 1. The van der Waals surface area contributed by atoms with E-state index in [0.29, 0.717) is 11.6 Å². The molecule has 0 aliphatic rings. The molecule has 0 fully saturated rings. The molecule has 88 valence electrons. The fourth-order valence-corrected chi connectivity index (χ4v) is 1.76. The fourth-order valence-electron chi connectivity index (χ4n) is 1.56. The summed E-state index contributed by atoms with van der Waals surface area (Å²) >= 11 is 5.84. The summed E-state index contributed by atoms with van der Waals surface area (Å²) in [5.41, 5.74) is 2.64. The predicted octanol–water partition coefficient (Wildman–Crippen LogP) is 3.36. The van der Waals surface area contributed by atoms with E-state index in [4.69, 9.17) is 11.6 Å². The molecule has 1 aromatic carbocycles. The molecule has 0 aliphatic carbocycles. The van der Waals surface area contributed by atoms with Crippen molar-refractivity contribution >= 4 is 17.3 Å². The maximum Gasteiger partial charge on any atom is 0.139 e. The second-order valence-corrected chi connectivity index (χ2v) is 4.14. The van der Waals surface area contributed by atoms with Gasteiger partial charge in [0.15, 0.2) is 0 Å². The molecule has 3 nitrogen and oxygen atoms in total. The summed E-state index contributed by atoms with van der Waals surface area (Å²) in [6.07, 6.45) is 1.75. The van der Waals surface area contributed by atoms with Crippen molar-refractivity contribution in [3.63, 3.8) is 0 Å². The molecule has 0 bridgehead atoms. The number of para-hydroxylation sites is 1. The summed E-state index contributed by atoms with van der Waals surface area (Å²) in [5, 5.41) is 13.3. The van der Waals surface area contributed by atoms with Crippen molar-refractivity contribution < 1.29 is 5.11 Å². The van der Waals surface area contributed by atoms with Crippen LogP contribution in [0.1, 0.15) is 11.3 Å². The van der Waals surface area contributed by atoms with E-state index in [1.54, 1.807) is 12.3 Å². The normalized spacial score (nSPS) is 10.2. The third-order valence-corrected chi connectivity index (χ3v) is 2.85. The Morgan fingerprint density at radius 2 is 2.12 bits per heavy atom. The first-order valence-electron chi connectivity index (χ1n) is 5.30. The van der Waals surface area contributed by atoms with Crippen LogP contribution in [0.25, 0.3) is 0 Å². The Labute approximate surface area is 105 Å². The van der Waals surface area contributed by atoms with Crippen molar-refractivity contribution in [2.45, 2.75) is 13.5 Å². The minimum atomic E-state index is 0.128. The standard InChI is InChI=1S/C13H13ClN2O/c1-9-12(6-3-7-15-9)16-8-10-4-2-5-11(14)13(10)17/h2-7,16-17H,8H2,1H3. The van der Waals surface area contributed by atoms with Gasteiger partial charge in [0.1, 0.15) is 5.75 Å². The van der Waals surface area contributed by atoms with E-state index in [2.05, 4.69) is 10.3 Å². The number of anilines is 1. The third-order valence-electron chi connectivity index (χ3n) is 2.55. The lowest BCUT2D eigenvalue weighted by Crippen LogP contribution is -2.02. The van der Waals surface area contributed by atoms with E-state index in [1.807, 2.05) is 31.2 Å². The molecule has 4 heteroatoms. The lowest BCUT2D eigenvalue weighted by atomic mass is 10.2. The van der Waals surface area contributed by atoms with Gasteiger partial charge >= 0.3 is 0 Å². The second-order valence-electron chi connectivity index (χ2n) is 3.74. The quantitative estimate of drug-likeness (QED) is 0.876. The number of pyridine rings is 1. The largest absolute Gasteiger partial charge is 0.506 e. The predicted molar refractivity (Wildman–Crippen MR) is 69.4 cm³/mol. The number of phenolic OH excluding ortho intramolecular Hbond substituents is 1. The van der Waals surface area contributed by atoms with Crippen LogP contribution in [0.15, 0.2) is 36.5 Å². The summed E-state index contributed by atoms with van der Waals surface area (Å²) in [7, 11) is 0. The van der Waals surface area contributed by atoms with Crippen molar-refractivity contribution in [1.82, 2.24) is 4.98 Å². The van der Waals surface area contributed by atoms with E-state index in [0.717, 1.165) is 16.9 Å². The molecule has 1 heterocycles. The molecule has 0 saturated carbocycles. The first-order valence-corrected chi connectivity index (χ1v) is 5.68. The number of nitrogens with one attached hydrogen (secondary N) is 1. The second kappa shape index (κ2) is 5.06. The number of hydrogen-bond donors (Lipinski definition) is 2. The van der Waals surface area contributed by atoms with Gasteiger partial charge in [-0.1, -0.05) is 23.7 Å². The van der Waals surface area contributed by atoms with Crippen LogP contribution < -0.4 is 5.32 Å². The molecule has 0 saturated heterocycles. The monoisotopic (exact) mass is 248 g/mol. The minimum absolute atomic E-state index is 0.128. The average molecular weight is 249 g/mol. The van der Waals surface area contributed by atoms with Gasteiger partial charge in [-0.2, -0.15) is 0 Å². The van der Waals surface area contributed by atoms with E-state index in [1.165, 1.54) is 0 Å². The molecule has 0 radical (unpaired) electrons. The average Bonchev–Trinajstić information content (AvgIpc) is 2.33. The number of phenols is 1. The number of rotatable bonds is 3. The van der Waals surface area contributed by atoms with Crippen molar-refractivity contribution in [2.24, 2.45) is 0 Å². The molecule has 2 N–H and O–H groups in total. The molecule has 0 atom stereocenters. The Bertz CT molecular complexity index is 529. The van der Waals surface area contributed by atoms with Gasteiger partial charge in [-0.15, -0.1) is 0 Å². The molecule has 0 spiro atoms. The van der Waals surface area contributed by atoms with Gasteiger partial charge in [-0.05, 0) is 25.1 Å².